The van der Waals surface area contributed by atoms with Gasteiger partial charge in [-0.05, 0) is 67.7 Å². The first-order valence-corrected chi connectivity index (χ1v) is 21.1. The van der Waals surface area contributed by atoms with Crippen LogP contribution in [0.15, 0.2) is 104 Å². The topological polar surface area (TPSA) is 8.81 Å². The average Bonchev–Trinajstić information content (AvgIpc) is 3.91. The van der Waals surface area contributed by atoms with Crippen molar-refractivity contribution in [3.63, 3.8) is 0 Å². The number of quaternary nitrogens is 2. The van der Waals surface area contributed by atoms with Crippen LogP contribution in [0.5, 0.6) is 0 Å². The van der Waals surface area contributed by atoms with E-state index in [1.807, 2.05) is 11.3 Å². The second kappa shape index (κ2) is 12.5. The lowest BCUT2D eigenvalue weighted by Crippen LogP contribution is -2.76. The van der Waals surface area contributed by atoms with E-state index in [1.165, 1.54) is 65.2 Å². The van der Waals surface area contributed by atoms with Crippen LogP contribution in [0.25, 0.3) is 37.2 Å². The first-order chi connectivity index (χ1) is 25.6. The predicted molar refractivity (Wildman–Crippen MR) is 224 cm³/mol. The molecule has 2 bridgehead atoms. The number of aryl methyl sites for hydroxylation is 1. The third kappa shape index (κ3) is 4.89. The van der Waals surface area contributed by atoms with Crippen molar-refractivity contribution >= 4 is 37.2 Å². The van der Waals surface area contributed by atoms with Crippen molar-refractivity contribution in [2.75, 3.05) is 13.7 Å². The van der Waals surface area contributed by atoms with E-state index in [-0.39, 0.29) is 5.54 Å². The molecule has 0 saturated carbocycles. The van der Waals surface area contributed by atoms with E-state index in [4.69, 9.17) is 0 Å². The molecule has 4 unspecified atom stereocenters. The molecule has 4 atom stereocenters. The van der Waals surface area contributed by atoms with Gasteiger partial charge in [0.25, 0.3) is 5.82 Å². The molecule has 0 spiro atoms. The van der Waals surface area contributed by atoms with Gasteiger partial charge < -0.3 is 0 Å². The fourth-order valence-corrected chi connectivity index (χ4v) is 12.4. The zero-order chi connectivity index (χ0) is 36.9. The van der Waals surface area contributed by atoms with Gasteiger partial charge in [0.15, 0.2) is 12.4 Å². The molecule has 0 aliphatic carbocycles. The molecule has 6 heterocycles. The summed E-state index contributed by atoms with van der Waals surface area (Å²) in [5, 5.41) is 2.80. The number of nitrogens with zero attached hydrogens (tertiary/aromatic N) is 4. The normalized spacial score (nSPS) is 24.2. The summed E-state index contributed by atoms with van der Waals surface area (Å²) in [6.45, 7) is 18.0. The SMILES string of the molecule is CCC1(CC)C(CCc2ccccc2[N+]23C=C[N+](C)(C2)C3C)Cc2ccccc2-c2n(-c3c(C(C)C)cc4c(sc5ccccc54)c3C(C)C)cc[n+]21. The number of fused-ring (bicyclic) bond motifs is 6. The maximum absolute atomic E-state index is 2.75. The monoisotopic (exact) mass is 721 g/mol. The van der Waals surface area contributed by atoms with Crippen LogP contribution < -0.4 is 9.05 Å². The molecule has 2 aromatic heterocycles. The molecule has 4 aliphatic rings. The van der Waals surface area contributed by atoms with Crippen LogP contribution >= 0.6 is 11.3 Å². The summed E-state index contributed by atoms with van der Waals surface area (Å²) >= 11 is 1.98. The van der Waals surface area contributed by atoms with E-state index in [0.29, 0.717) is 23.9 Å². The first-order valence-electron chi connectivity index (χ1n) is 20.3. The third-order valence-corrected chi connectivity index (χ3v) is 15.3. The molecule has 1 saturated heterocycles. The van der Waals surface area contributed by atoms with Crippen molar-refractivity contribution < 1.29 is 9.05 Å². The molecule has 53 heavy (non-hydrogen) atoms. The maximum Gasteiger partial charge on any atom is 0.294 e. The van der Waals surface area contributed by atoms with Gasteiger partial charge in [-0.2, -0.15) is 13.5 Å². The van der Waals surface area contributed by atoms with Gasteiger partial charge in [-0.15, -0.1) is 11.3 Å². The van der Waals surface area contributed by atoms with Crippen LogP contribution in [-0.4, -0.2) is 28.9 Å². The Morgan fingerprint density at radius 1 is 0.887 bits per heavy atom. The van der Waals surface area contributed by atoms with E-state index in [9.17, 15) is 0 Å². The van der Waals surface area contributed by atoms with Crippen molar-refractivity contribution in [3.8, 4) is 17.1 Å². The zero-order valence-corrected chi connectivity index (χ0v) is 33.9. The molecule has 272 valence electrons. The second-order valence-electron chi connectivity index (χ2n) is 17.3. The van der Waals surface area contributed by atoms with Gasteiger partial charge in [0.1, 0.15) is 29.3 Å². The lowest BCUT2D eigenvalue weighted by molar-refractivity contribution is -0.941. The number of aromatic nitrogens is 2. The molecule has 6 aromatic rings. The fourth-order valence-electron chi connectivity index (χ4n) is 11.0. The Kier molecular flexibility index (Phi) is 8.20. The van der Waals surface area contributed by atoms with Crippen LogP contribution in [0.1, 0.15) is 102 Å². The number of hydrogen-bond acceptors (Lipinski definition) is 1. The van der Waals surface area contributed by atoms with Gasteiger partial charge in [0, 0.05) is 55.8 Å². The molecule has 10 rings (SSSR count). The molecule has 0 radical (unpaired) electrons. The zero-order valence-electron chi connectivity index (χ0n) is 33.1. The highest BCUT2D eigenvalue weighted by Crippen LogP contribution is 2.50. The molecule has 0 N–H and O–H groups in total. The smallest absolute Gasteiger partial charge is 0.224 e. The van der Waals surface area contributed by atoms with Gasteiger partial charge >= 0.3 is 0 Å². The minimum atomic E-state index is -0.00806. The van der Waals surface area contributed by atoms with Crippen LogP contribution in [0.4, 0.5) is 5.69 Å². The molecular formula is C48H57N4S+3. The summed E-state index contributed by atoms with van der Waals surface area (Å²) in [5.74, 6) is 2.61. The summed E-state index contributed by atoms with van der Waals surface area (Å²) in [5.41, 5.74) is 10.2. The summed E-state index contributed by atoms with van der Waals surface area (Å²) < 4.78 is 10.2. The number of rotatable bonds is 9. The van der Waals surface area contributed by atoms with Gasteiger partial charge in [-0.25, -0.2) is 4.57 Å². The molecule has 0 amide bonds. The molecule has 5 heteroatoms. The van der Waals surface area contributed by atoms with E-state index < -0.39 is 0 Å². The van der Waals surface area contributed by atoms with Crippen molar-refractivity contribution in [3.05, 3.63) is 126 Å². The highest BCUT2D eigenvalue weighted by Gasteiger charge is 2.66. The number of para-hydroxylation sites is 1. The molecule has 4 nitrogen and oxygen atoms in total. The van der Waals surface area contributed by atoms with Gasteiger partial charge in [-0.3, -0.25) is 0 Å². The molecule has 4 aromatic carbocycles. The largest absolute Gasteiger partial charge is 0.294 e. The Labute approximate surface area is 320 Å². The Balaban J connectivity index is 1.21. The predicted octanol–water partition coefficient (Wildman–Crippen LogP) is 11.9. The van der Waals surface area contributed by atoms with E-state index in [1.54, 1.807) is 0 Å². The quantitative estimate of drug-likeness (QED) is 0.104. The highest BCUT2D eigenvalue weighted by molar-refractivity contribution is 7.26. The number of benzene rings is 4. The maximum atomic E-state index is 2.75. The standard InChI is InChI=1S/C48H57N4S/c1-9-48(10-2)37(24-23-35-17-12-15-21-42(35)52-28-27-51(8,31-52)34(52)7)29-36-18-11-13-19-38(36)47-49(25-26-50(47)48)45-40(32(3)4)30-41-39-20-14-16-22-43(39)53-46(41)44(45)33(5)6/h11-22,25-28,30,32-34,37H,9-10,23-24,29,31H2,1-8H3/q+3. The lowest BCUT2D eigenvalue weighted by atomic mass is 9.73. The molecule has 1 fully saturated rings. The van der Waals surface area contributed by atoms with Gasteiger partial charge in [0.05, 0.1) is 12.6 Å². The van der Waals surface area contributed by atoms with Crippen LogP contribution in [0, 0.1) is 5.92 Å². The van der Waals surface area contributed by atoms with Crippen molar-refractivity contribution in [2.24, 2.45) is 5.92 Å². The molecule has 4 aliphatic heterocycles. The fraction of sp³-hybridized carbons (Fsp3) is 0.396. The Bertz CT molecular complexity index is 2410. The third-order valence-electron chi connectivity index (χ3n) is 14.1. The molecular weight excluding hydrogens is 665 g/mol. The van der Waals surface area contributed by atoms with Crippen molar-refractivity contribution in [1.29, 1.82) is 0 Å². The van der Waals surface area contributed by atoms with E-state index >= 15 is 0 Å². The van der Waals surface area contributed by atoms with E-state index in [2.05, 4.69) is 168 Å². The van der Waals surface area contributed by atoms with Crippen molar-refractivity contribution in [2.45, 2.75) is 104 Å². The van der Waals surface area contributed by atoms with Gasteiger partial charge in [0.2, 0.25) is 12.8 Å². The number of hydrogen-bond donors (Lipinski definition) is 0. The first kappa shape index (κ1) is 34.7. The Morgan fingerprint density at radius 2 is 1.62 bits per heavy atom. The summed E-state index contributed by atoms with van der Waals surface area (Å²) in [6.07, 6.45) is 15.9. The summed E-state index contributed by atoms with van der Waals surface area (Å²) in [7, 11) is 2.38. The minimum Gasteiger partial charge on any atom is -0.224 e. The van der Waals surface area contributed by atoms with Crippen molar-refractivity contribution in [1.82, 2.24) is 9.05 Å². The highest BCUT2D eigenvalue weighted by atomic mass is 32.1. The summed E-state index contributed by atoms with van der Waals surface area (Å²) in [6, 6.07) is 30.3. The Morgan fingerprint density at radius 3 is 2.34 bits per heavy atom. The number of thiophene rings is 1. The average molecular weight is 722 g/mol. The Hall–Kier alpha value is -4.03. The lowest BCUT2D eigenvalue weighted by Gasteiger charge is -2.51. The van der Waals surface area contributed by atoms with Crippen LogP contribution in [-0.2, 0) is 18.4 Å². The van der Waals surface area contributed by atoms with Gasteiger partial charge in [-0.1, -0.05) is 96.1 Å². The second-order valence-corrected chi connectivity index (χ2v) is 18.3. The van der Waals surface area contributed by atoms with Crippen LogP contribution in [0.2, 0.25) is 0 Å². The number of imidazole rings is 1. The minimum absolute atomic E-state index is 0.00806. The van der Waals surface area contributed by atoms with Crippen LogP contribution in [0.3, 0.4) is 0 Å². The van der Waals surface area contributed by atoms with E-state index in [0.717, 1.165) is 47.7 Å². The summed E-state index contributed by atoms with van der Waals surface area (Å²) in [4.78, 5) is 0.